The molecule has 0 bridgehead atoms. The van der Waals surface area contributed by atoms with Crippen LogP contribution in [0, 0.1) is 0 Å². The van der Waals surface area contributed by atoms with Crippen molar-refractivity contribution in [2.75, 3.05) is 20.3 Å². The lowest BCUT2D eigenvalue weighted by Gasteiger charge is -2.23. The Morgan fingerprint density at radius 3 is 2.52 bits per heavy atom. The van der Waals surface area contributed by atoms with Crippen LogP contribution in [0.25, 0.3) is 0 Å². The van der Waals surface area contributed by atoms with Crippen LogP contribution in [-0.4, -0.2) is 56.0 Å². The van der Waals surface area contributed by atoms with Gasteiger partial charge in [0.05, 0.1) is 19.6 Å². The highest BCUT2D eigenvalue weighted by Crippen LogP contribution is 2.11. The van der Waals surface area contributed by atoms with E-state index in [1.54, 1.807) is 20.8 Å². The fourth-order valence-corrected chi connectivity index (χ4v) is 2.05. The molecule has 8 heteroatoms. The molecule has 1 aliphatic heterocycles. The molecule has 1 aliphatic rings. The summed E-state index contributed by atoms with van der Waals surface area (Å²) in [7, 11) is 1.22. The number of hydrogen-bond donors (Lipinski definition) is 2. The van der Waals surface area contributed by atoms with Crippen molar-refractivity contribution >= 4 is 18.0 Å². The van der Waals surface area contributed by atoms with E-state index in [1.165, 1.54) is 7.11 Å². The number of amides is 2. The lowest BCUT2D eigenvalue weighted by atomic mass is 10.1. The molecule has 1 fully saturated rings. The first-order valence-corrected chi connectivity index (χ1v) is 7.67. The summed E-state index contributed by atoms with van der Waals surface area (Å²) in [6.45, 7) is 6.15. The number of carbonyl (C=O) groups excluding carboxylic acids is 3. The number of esters is 1. The molecular formula is C15H26N2O6. The highest BCUT2D eigenvalue weighted by Gasteiger charge is 2.27. The zero-order valence-electron chi connectivity index (χ0n) is 14.1. The Kier molecular flexibility index (Phi) is 7.28. The van der Waals surface area contributed by atoms with Gasteiger partial charge in [0, 0.05) is 13.2 Å². The van der Waals surface area contributed by atoms with Crippen molar-refractivity contribution in [3.05, 3.63) is 0 Å². The first-order chi connectivity index (χ1) is 10.7. The molecule has 1 saturated heterocycles. The van der Waals surface area contributed by atoms with E-state index in [-0.39, 0.29) is 12.5 Å². The molecule has 0 aliphatic carbocycles. The fourth-order valence-electron chi connectivity index (χ4n) is 2.05. The summed E-state index contributed by atoms with van der Waals surface area (Å²) in [6, 6.07) is -1.06. The molecule has 23 heavy (non-hydrogen) atoms. The third-order valence-electron chi connectivity index (χ3n) is 3.13. The van der Waals surface area contributed by atoms with Crippen LogP contribution in [0.2, 0.25) is 0 Å². The first-order valence-electron chi connectivity index (χ1n) is 7.67. The van der Waals surface area contributed by atoms with Crippen LogP contribution in [0.5, 0.6) is 0 Å². The average molecular weight is 330 g/mol. The molecule has 0 saturated carbocycles. The maximum Gasteiger partial charge on any atom is 0.408 e. The molecular weight excluding hydrogens is 304 g/mol. The van der Waals surface area contributed by atoms with Crippen LogP contribution < -0.4 is 10.6 Å². The van der Waals surface area contributed by atoms with Crippen molar-refractivity contribution in [3.8, 4) is 0 Å². The average Bonchev–Trinajstić information content (AvgIpc) is 2.95. The zero-order valence-corrected chi connectivity index (χ0v) is 14.1. The van der Waals surface area contributed by atoms with Crippen LogP contribution in [0.3, 0.4) is 0 Å². The van der Waals surface area contributed by atoms with Gasteiger partial charge in [0.15, 0.2) is 0 Å². The van der Waals surface area contributed by atoms with Crippen LogP contribution in [0.1, 0.15) is 40.0 Å². The summed E-state index contributed by atoms with van der Waals surface area (Å²) < 4.78 is 15.1. The summed E-state index contributed by atoms with van der Waals surface area (Å²) in [5.41, 5.74) is -0.700. The molecule has 1 heterocycles. The van der Waals surface area contributed by atoms with Gasteiger partial charge in [0.2, 0.25) is 5.91 Å². The van der Waals surface area contributed by atoms with Crippen molar-refractivity contribution in [1.29, 1.82) is 0 Å². The van der Waals surface area contributed by atoms with Gasteiger partial charge in [-0.3, -0.25) is 9.59 Å². The third-order valence-corrected chi connectivity index (χ3v) is 3.13. The zero-order chi connectivity index (χ0) is 17.5. The van der Waals surface area contributed by atoms with E-state index in [0.29, 0.717) is 13.2 Å². The predicted octanol–water partition coefficient (Wildman–Crippen LogP) is 0.738. The van der Waals surface area contributed by atoms with Gasteiger partial charge in [0.1, 0.15) is 11.6 Å². The lowest BCUT2D eigenvalue weighted by Crippen LogP contribution is -2.50. The van der Waals surface area contributed by atoms with Crippen LogP contribution in [0.15, 0.2) is 0 Å². The van der Waals surface area contributed by atoms with Gasteiger partial charge in [-0.15, -0.1) is 0 Å². The molecule has 8 nitrogen and oxygen atoms in total. The summed E-state index contributed by atoms with van der Waals surface area (Å²) in [6.07, 6.45) is 0.773. The minimum absolute atomic E-state index is 0.0285. The van der Waals surface area contributed by atoms with Gasteiger partial charge in [0.25, 0.3) is 0 Å². The maximum atomic E-state index is 12.2. The lowest BCUT2D eigenvalue weighted by molar-refractivity contribution is -0.143. The van der Waals surface area contributed by atoms with E-state index < -0.39 is 29.6 Å². The summed E-state index contributed by atoms with van der Waals surface area (Å²) in [5.74, 6) is -1.07. The number of carbonyl (C=O) groups is 3. The molecule has 132 valence electrons. The topological polar surface area (TPSA) is 103 Å². The fraction of sp³-hybridized carbons (Fsp3) is 0.800. The second-order valence-electron chi connectivity index (χ2n) is 6.36. The van der Waals surface area contributed by atoms with E-state index in [9.17, 15) is 14.4 Å². The highest BCUT2D eigenvalue weighted by atomic mass is 16.6. The van der Waals surface area contributed by atoms with Crippen molar-refractivity contribution in [3.63, 3.8) is 0 Å². The second-order valence-corrected chi connectivity index (χ2v) is 6.36. The van der Waals surface area contributed by atoms with Crippen LogP contribution in [0.4, 0.5) is 4.79 Å². The number of nitrogens with one attached hydrogen (secondary N) is 2. The van der Waals surface area contributed by atoms with Gasteiger partial charge >= 0.3 is 12.1 Å². The van der Waals surface area contributed by atoms with Crippen molar-refractivity contribution in [2.24, 2.45) is 0 Å². The molecule has 0 spiro atoms. The quantitative estimate of drug-likeness (QED) is 0.696. The molecule has 2 N–H and O–H groups in total. The summed E-state index contributed by atoms with van der Waals surface area (Å²) >= 11 is 0. The number of ether oxygens (including phenoxy) is 3. The molecule has 2 amide bonds. The molecule has 0 aromatic rings. The van der Waals surface area contributed by atoms with Crippen molar-refractivity contribution in [1.82, 2.24) is 10.6 Å². The minimum atomic E-state index is -1.06. The molecule has 2 atom stereocenters. The predicted molar refractivity (Wildman–Crippen MR) is 81.8 cm³/mol. The van der Waals surface area contributed by atoms with Crippen molar-refractivity contribution < 1.29 is 28.6 Å². The Morgan fingerprint density at radius 2 is 2.00 bits per heavy atom. The molecule has 1 rings (SSSR count). The number of alkyl carbamates (subject to hydrolysis) is 1. The van der Waals surface area contributed by atoms with E-state index in [0.717, 1.165) is 12.8 Å². The molecule has 0 aromatic heterocycles. The van der Waals surface area contributed by atoms with E-state index in [2.05, 4.69) is 15.4 Å². The van der Waals surface area contributed by atoms with E-state index in [4.69, 9.17) is 9.47 Å². The van der Waals surface area contributed by atoms with Crippen molar-refractivity contribution in [2.45, 2.75) is 57.8 Å². The SMILES string of the molecule is COC(=O)C[C@H](NC(=O)OC(C)(C)C)C(=O)NCC1CCCO1. The monoisotopic (exact) mass is 330 g/mol. The highest BCUT2D eigenvalue weighted by molar-refractivity contribution is 5.89. The van der Waals surface area contributed by atoms with Crippen LogP contribution in [-0.2, 0) is 23.8 Å². The summed E-state index contributed by atoms with van der Waals surface area (Å²) in [4.78, 5) is 35.5. The molecule has 0 radical (unpaired) electrons. The maximum absolute atomic E-state index is 12.2. The Labute approximate surface area is 136 Å². The van der Waals surface area contributed by atoms with Gasteiger partial charge in [-0.25, -0.2) is 4.79 Å². The number of rotatable bonds is 6. The van der Waals surface area contributed by atoms with Gasteiger partial charge < -0.3 is 24.8 Å². The van der Waals surface area contributed by atoms with E-state index in [1.807, 2.05) is 0 Å². The minimum Gasteiger partial charge on any atom is -0.469 e. The molecule has 0 aromatic carbocycles. The second kappa shape index (κ2) is 8.71. The number of methoxy groups -OCH3 is 1. The van der Waals surface area contributed by atoms with Gasteiger partial charge in [-0.2, -0.15) is 0 Å². The Hall–Kier alpha value is -1.83. The van der Waals surface area contributed by atoms with Crippen LogP contribution >= 0.6 is 0 Å². The third kappa shape index (κ3) is 7.83. The number of hydrogen-bond acceptors (Lipinski definition) is 6. The first kappa shape index (κ1) is 19.2. The standard InChI is InChI=1S/C15H26N2O6/c1-15(2,3)23-14(20)17-11(8-12(18)21-4)13(19)16-9-10-6-5-7-22-10/h10-11H,5-9H2,1-4H3,(H,16,19)(H,17,20)/t10?,11-/m0/s1. The Morgan fingerprint density at radius 1 is 1.30 bits per heavy atom. The Balaban J connectivity index is 2.57. The normalized spacial score (nSPS) is 18.9. The largest absolute Gasteiger partial charge is 0.469 e. The smallest absolute Gasteiger partial charge is 0.408 e. The Bertz CT molecular complexity index is 426. The molecule has 1 unspecified atom stereocenters. The van der Waals surface area contributed by atoms with Gasteiger partial charge in [-0.05, 0) is 33.6 Å². The summed E-state index contributed by atoms with van der Waals surface area (Å²) in [5, 5.41) is 5.08. The van der Waals surface area contributed by atoms with Gasteiger partial charge in [-0.1, -0.05) is 0 Å². The van der Waals surface area contributed by atoms with E-state index >= 15 is 0 Å².